The summed E-state index contributed by atoms with van der Waals surface area (Å²) in [7, 11) is 0. The number of nitrogens with one attached hydrogen (secondary N) is 3. The molecule has 0 spiro atoms. The van der Waals surface area contributed by atoms with Crippen LogP contribution in [0.3, 0.4) is 0 Å². The molecular formula is C19H34N8O8. The molecule has 4 atom stereocenters. The Morgan fingerprint density at radius 3 is 1.66 bits per heavy atom. The predicted molar refractivity (Wildman–Crippen MR) is 120 cm³/mol. The minimum atomic E-state index is -1.59. The Hall–Kier alpha value is -3.79. The van der Waals surface area contributed by atoms with Crippen LogP contribution >= 0.6 is 0 Å². The molecule has 0 rings (SSSR count). The van der Waals surface area contributed by atoms with Gasteiger partial charge in [0.05, 0.1) is 18.9 Å². The number of aliphatic carboxylic acids is 1. The van der Waals surface area contributed by atoms with E-state index < -0.39 is 78.4 Å². The number of carboxylic acid groups (broad SMARTS) is 1. The van der Waals surface area contributed by atoms with Gasteiger partial charge in [-0.1, -0.05) is 0 Å². The molecule has 35 heavy (non-hydrogen) atoms. The summed E-state index contributed by atoms with van der Waals surface area (Å²) in [4.78, 5) is 82.7. The van der Waals surface area contributed by atoms with Crippen LogP contribution in [0.5, 0.6) is 0 Å². The van der Waals surface area contributed by atoms with Gasteiger partial charge in [0.15, 0.2) is 0 Å². The van der Waals surface area contributed by atoms with Crippen molar-refractivity contribution < 1.29 is 38.7 Å². The molecule has 0 aliphatic rings. The van der Waals surface area contributed by atoms with Crippen LogP contribution in [0.2, 0.25) is 0 Å². The Balaban J connectivity index is 5.56. The summed E-state index contributed by atoms with van der Waals surface area (Å²) in [6.45, 7) is 0.327. The fourth-order valence-electron chi connectivity index (χ4n) is 2.85. The van der Waals surface area contributed by atoms with Crippen LogP contribution in [0.25, 0.3) is 0 Å². The quantitative estimate of drug-likeness (QED) is 0.0803. The lowest BCUT2D eigenvalue weighted by molar-refractivity contribution is -0.142. The third kappa shape index (κ3) is 13.5. The zero-order valence-electron chi connectivity index (χ0n) is 19.2. The number of carbonyl (C=O) groups excluding carboxylic acids is 6. The lowest BCUT2D eigenvalue weighted by Gasteiger charge is -2.24. The van der Waals surface area contributed by atoms with Crippen molar-refractivity contribution in [1.29, 1.82) is 0 Å². The van der Waals surface area contributed by atoms with E-state index in [1.54, 1.807) is 0 Å². The van der Waals surface area contributed by atoms with Gasteiger partial charge < -0.3 is 49.7 Å². The van der Waals surface area contributed by atoms with Gasteiger partial charge in [0.2, 0.25) is 35.4 Å². The maximum absolute atomic E-state index is 12.8. The third-order valence-corrected chi connectivity index (χ3v) is 4.67. The van der Waals surface area contributed by atoms with Crippen molar-refractivity contribution in [2.45, 2.75) is 69.1 Å². The van der Waals surface area contributed by atoms with Gasteiger partial charge in [0.1, 0.15) is 18.1 Å². The van der Waals surface area contributed by atoms with Crippen LogP contribution in [0.1, 0.15) is 44.9 Å². The van der Waals surface area contributed by atoms with Crippen LogP contribution in [0, 0.1) is 0 Å². The Bertz CT molecular complexity index is 806. The van der Waals surface area contributed by atoms with E-state index in [9.17, 15) is 38.7 Å². The minimum Gasteiger partial charge on any atom is -0.480 e. The average Bonchev–Trinajstić information content (AvgIpc) is 2.74. The van der Waals surface area contributed by atoms with E-state index in [2.05, 4.69) is 16.0 Å². The minimum absolute atomic E-state index is 0.0624. The normalized spacial score (nSPS) is 14.0. The number of hydrogen-bond acceptors (Lipinski definition) is 9. The highest BCUT2D eigenvalue weighted by Gasteiger charge is 2.31. The summed E-state index contributed by atoms with van der Waals surface area (Å²) in [6, 6.07) is -5.76. The topological polar surface area (TPSA) is 306 Å². The summed E-state index contributed by atoms with van der Waals surface area (Å²) in [5.74, 6) is -6.97. The lowest BCUT2D eigenvalue weighted by atomic mass is 10.1. The van der Waals surface area contributed by atoms with Crippen LogP contribution in [-0.4, -0.2) is 77.2 Å². The molecule has 14 N–H and O–H groups in total. The molecule has 0 heterocycles. The van der Waals surface area contributed by atoms with E-state index in [1.165, 1.54) is 0 Å². The van der Waals surface area contributed by atoms with Gasteiger partial charge in [-0.2, -0.15) is 0 Å². The second-order valence-electron chi connectivity index (χ2n) is 7.76. The molecule has 0 saturated carbocycles. The summed E-state index contributed by atoms with van der Waals surface area (Å²) < 4.78 is 0. The Kier molecular flexibility index (Phi) is 14.2. The van der Waals surface area contributed by atoms with Gasteiger partial charge >= 0.3 is 5.97 Å². The molecular weight excluding hydrogens is 468 g/mol. The second kappa shape index (κ2) is 15.9. The highest BCUT2D eigenvalue weighted by Crippen LogP contribution is 2.05. The number of carboxylic acids is 1. The molecule has 0 saturated heterocycles. The third-order valence-electron chi connectivity index (χ3n) is 4.67. The number of nitrogens with two attached hydrogens (primary N) is 5. The standard InChI is InChI=1S/C19H34N8O8/c20-6-2-1-3-11(19(34)35)26-17(32)10(4-5-13(22)28)25-18(33)12(8-15(24)30)27-16(31)9(21)7-14(23)29/h9-12H,1-8,20-21H2,(H2,22,28)(H2,23,29)(H2,24,30)(H,25,33)(H,26,32)(H,27,31)(H,34,35). The number of carbonyl (C=O) groups is 7. The molecule has 6 amide bonds. The van der Waals surface area contributed by atoms with Crippen LogP contribution in [0.15, 0.2) is 0 Å². The van der Waals surface area contributed by atoms with Gasteiger partial charge in [-0.3, -0.25) is 28.8 Å². The van der Waals surface area contributed by atoms with Gasteiger partial charge in [-0.05, 0) is 32.2 Å². The zero-order chi connectivity index (χ0) is 27.1. The van der Waals surface area contributed by atoms with Crippen molar-refractivity contribution in [2.75, 3.05) is 6.54 Å². The van der Waals surface area contributed by atoms with E-state index in [-0.39, 0.29) is 19.3 Å². The number of amides is 6. The van der Waals surface area contributed by atoms with E-state index in [0.29, 0.717) is 19.4 Å². The molecule has 0 aromatic heterocycles. The van der Waals surface area contributed by atoms with Gasteiger partial charge in [0.25, 0.3) is 0 Å². The van der Waals surface area contributed by atoms with Gasteiger partial charge in [0, 0.05) is 6.42 Å². The van der Waals surface area contributed by atoms with Crippen LogP contribution in [-0.2, 0) is 33.6 Å². The van der Waals surface area contributed by atoms with Crippen molar-refractivity contribution in [3.05, 3.63) is 0 Å². The summed E-state index contributed by atoms with van der Waals surface area (Å²) >= 11 is 0. The van der Waals surface area contributed by atoms with Gasteiger partial charge in [-0.25, -0.2) is 4.79 Å². The highest BCUT2D eigenvalue weighted by atomic mass is 16.4. The average molecular weight is 503 g/mol. The van der Waals surface area contributed by atoms with E-state index in [4.69, 9.17) is 28.7 Å². The molecule has 0 radical (unpaired) electrons. The first-order valence-corrected chi connectivity index (χ1v) is 10.7. The Morgan fingerprint density at radius 1 is 0.657 bits per heavy atom. The fraction of sp³-hybridized carbons (Fsp3) is 0.632. The molecule has 0 aliphatic heterocycles. The molecule has 0 fully saturated rings. The first kappa shape index (κ1) is 31.2. The monoisotopic (exact) mass is 502 g/mol. The highest BCUT2D eigenvalue weighted by molar-refractivity contribution is 5.97. The van der Waals surface area contributed by atoms with Crippen molar-refractivity contribution >= 4 is 41.4 Å². The molecule has 16 heteroatoms. The number of rotatable bonds is 18. The lowest BCUT2D eigenvalue weighted by Crippen LogP contribution is -2.58. The van der Waals surface area contributed by atoms with Crippen molar-refractivity contribution in [2.24, 2.45) is 28.7 Å². The van der Waals surface area contributed by atoms with E-state index >= 15 is 0 Å². The number of unbranched alkanes of at least 4 members (excludes halogenated alkanes) is 1. The van der Waals surface area contributed by atoms with E-state index in [0.717, 1.165) is 0 Å². The van der Waals surface area contributed by atoms with Gasteiger partial charge in [-0.15, -0.1) is 0 Å². The molecule has 0 aliphatic carbocycles. The van der Waals surface area contributed by atoms with Crippen molar-refractivity contribution in [3.63, 3.8) is 0 Å². The summed E-state index contributed by atoms with van der Waals surface area (Å²) in [5, 5.41) is 16.0. The second-order valence-corrected chi connectivity index (χ2v) is 7.76. The van der Waals surface area contributed by atoms with Crippen molar-refractivity contribution in [1.82, 2.24) is 16.0 Å². The van der Waals surface area contributed by atoms with E-state index in [1.807, 2.05) is 0 Å². The largest absolute Gasteiger partial charge is 0.480 e. The molecule has 0 bridgehead atoms. The maximum atomic E-state index is 12.8. The van der Waals surface area contributed by atoms with Crippen molar-refractivity contribution in [3.8, 4) is 0 Å². The Labute approximate surface area is 201 Å². The molecule has 0 aromatic carbocycles. The molecule has 16 nitrogen and oxygen atoms in total. The zero-order valence-corrected chi connectivity index (χ0v) is 19.2. The number of primary amides is 3. The Morgan fingerprint density at radius 2 is 1.17 bits per heavy atom. The first-order chi connectivity index (χ1) is 16.3. The summed E-state index contributed by atoms with van der Waals surface area (Å²) in [6.07, 6.45) is -0.895. The molecule has 4 unspecified atom stereocenters. The molecule has 198 valence electrons. The predicted octanol–water partition coefficient (Wildman–Crippen LogP) is -5.00. The summed E-state index contributed by atoms with van der Waals surface area (Å²) in [5.41, 5.74) is 26.1. The molecule has 0 aromatic rings. The SMILES string of the molecule is NCCCCC(NC(=O)C(CCC(N)=O)NC(=O)C(CC(N)=O)NC(=O)C(N)CC(N)=O)C(=O)O. The smallest absolute Gasteiger partial charge is 0.326 e. The maximum Gasteiger partial charge on any atom is 0.326 e. The first-order valence-electron chi connectivity index (χ1n) is 10.7. The van der Waals surface area contributed by atoms with Crippen LogP contribution in [0.4, 0.5) is 0 Å². The number of hydrogen-bond donors (Lipinski definition) is 9. The fourth-order valence-corrected chi connectivity index (χ4v) is 2.85. The van der Waals surface area contributed by atoms with Crippen LogP contribution < -0.4 is 44.6 Å².